The van der Waals surface area contributed by atoms with Crippen molar-refractivity contribution < 1.29 is 4.79 Å². The van der Waals surface area contributed by atoms with Gasteiger partial charge in [0.2, 0.25) is 0 Å². The maximum Gasteiger partial charge on any atom is 0.186 e. The molecule has 0 radical (unpaired) electrons. The van der Waals surface area contributed by atoms with Gasteiger partial charge in [-0.15, -0.1) is 0 Å². The van der Waals surface area contributed by atoms with Gasteiger partial charge in [0.15, 0.2) is 5.78 Å². The van der Waals surface area contributed by atoms with Crippen molar-refractivity contribution in [3.63, 3.8) is 0 Å². The molecule has 2 rings (SSSR count). The van der Waals surface area contributed by atoms with E-state index in [2.05, 4.69) is 84.9 Å². The SMILES string of the molecule is CC(=C1C=C(C(C)(C)C)C(=O)C(C(C)(C)C)=C1)c1ccccc1. The van der Waals surface area contributed by atoms with Crippen LogP contribution < -0.4 is 0 Å². The molecule has 0 aliphatic heterocycles. The molecule has 0 heterocycles. The summed E-state index contributed by atoms with van der Waals surface area (Å²) < 4.78 is 0. The summed E-state index contributed by atoms with van der Waals surface area (Å²) >= 11 is 0. The summed E-state index contributed by atoms with van der Waals surface area (Å²) in [6, 6.07) is 10.4. The Morgan fingerprint density at radius 3 is 1.61 bits per heavy atom. The number of benzene rings is 1. The van der Waals surface area contributed by atoms with Crippen molar-refractivity contribution in [2.45, 2.75) is 48.5 Å². The van der Waals surface area contributed by atoms with Crippen molar-refractivity contribution in [1.82, 2.24) is 0 Å². The predicted molar refractivity (Wildman–Crippen MR) is 99.1 cm³/mol. The molecule has 0 saturated heterocycles. The van der Waals surface area contributed by atoms with E-state index in [-0.39, 0.29) is 16.6 Å². The molecule has 0 fully saturated rings. The molecule has 0 unspecified atom stereocenters. The van der Waals surface area contributed by atoms with E-state index in [1.807, 2.05) is 6.07 Å². The number of ketones is 1. The van der Waals surface area contributed by atoms with E-state index in [1.165, 1.54) is 11.1 Å². The molecule has 1 aliphatic carbocycles. The van der Waals surface area contributed by atoms with E-state index in [1.54, 1.807) is 0 Å². The lowest BCUT2D eigenvalue weighted by Crippen LogP contribution is -2.28. The lowest BCUT2D eigenvalue weighted by Gasteiger charge is -2.31. The van der Waals surface area contributed by atoms with Gasteiger partial charge in [-0.3, -0.25) is 4.79 Å². The molecular formula is C22H28O. The number of hydrogen-bond donors (Lipinski definition) is 0. The highest BCUT2D eigenvalue weighted by Gasteiger charge is 2.34. The Hall–Kier alpha value is -1.89. The lowest BCUT2D eigenvalue weighted by molar-refractivity contribution is -0.114. The first-order chi connectivity index (χ1) is 10.5. The van der Waals surface area contributed by atoms with Gasteiger partial charge in [0.05, 0.1) is 0 Å². The van der Waals surface area contributed by atoms with Crippen LogP contribution in [0.2, 0.25) is 0 Å². The smallest absolute Gasteiger partial charge is 0.186 e. The van der Waals surface area contributed by atoms with Crippen LogP contribution in [0.25, 0.3) is 5.57 Å². The van der Waals surface area contributed by atoms with Crippen LogP contribution in [0.4, 0.5) is 0 Å². The van der Waals surface area contributed by atoms with Gasteiger partial charge in [0.25, 0.3) is 0 Å². The van der Waals surface area contributed by atoms with E-state index in [9.17, 15) is 4.79 Å². The molecule has 1 aromatic rings. The molecule has 1 aliphatic rings. The minimum atomic E-state index is -0.163. The largest absolute Gasteiger partial charge is 0.289 e. The average molecular weight is 308 g/mol. The minimum Gasteiger partial charge on any atom is -0.289 e. The first-order valence-electron chi connectivity index (χ1n) is 8.27. The molecule has 0 spiro atoms. The van der Waals surface area contributed by atoms with E-state index < -0.39 is 0 Å². The quantitative estimate of drug-likeness (QED) is 0.623. The minimum absolute atomic E-state index is 0.163. The first kappa shape index (κ1) is 17.5. The normalized spacial score (nSPS) is 16.1. The van der Waals surface area contributed by atoms with Gasteiger partial charge in [-0.25, -0.2) is 0 Å². The molecule has 1 nitrogen and oxygen atoms in total. The predicted octanol–water partition coefficient (Wildman–Crippen LogP) is 5.99. The highest BCUT2D eigenvalue weighted by Crippen LogP contribution is 2.40. The third-order valence-corrected chi connectivity index (χ3v) is 4.34. The highest BCUT2D eigenvalue weighted by molar-refractivity contribution is 6.12. The van der Waals surface area contributed by atoms with Gasteiger partial charge in [-0.1, -0.05) is 71.9 Å². The van der Waals surface area contributed by atoms with Crippen molar-refractivity contribution in [3.8, 4) is 0 Å². The number of allylic oxidation sites excluding steroid dienone is 6. The number of carbonyl (C=O) groups is 1. The van der Waals surface area contributed by atoms with Crippen molar-refractivity contribution in [1.29, 1.82) is 0 Å². The number of Topliss-reactive ketones (excluding diaryl/α,β-unsaturated/α-hetero) is 1. The van der Waals surface area contributed by atoms with Gasteiger partial charge >= 0.3 is 0 Å². The van der Waals surface area contributed by atoms with Crippen molar-refractivity contribution in [2.75, 3.05) is 0 Å². The zero-order chi connectivity index (χ0) is 17.4. The van der Waals surface area contributed by atoms with Crippen LogP contribution in [0.15, 0.2) is 59.2 Å². The molecule has 0 saturated carbocycles. The standard InChI is InChI=1S/C22H28O/c1-15(16-11-9-8-10-12-16)17-13-18(21(2,3)4)20(23)19(14-17)22(5,6)7/h8-14H,1-7H3. The Morgan fingerprint density at radius 1 is 0.783 bits per heavy atom. The van der Waals surface area contributed by atoms with Crippen LogP contribution in [-0.4, -0.2) is 5.78 Å². The highest BCUT2D eigenvalue weighted by atomic mass is 16.1. The molecular weight excluding hydrogens is 280 g/mol. The first-order valence-corrected chi connectivity index (χ1v) is 8.27. The maximum atomic E-state index is 13.0. The van der Waals surface area contributed by atoms with Gasteiger partial charge in [0, 0.05) is 11.1 Å². The van der Waals surface area contributed by atoms with Gasteiger partial charge in [0.1, 0.15) is 0 Å². The Labute approximate surface area is 140 Å². The van der Waals surface area contributed by atoms with E-state index in [0.29, 0.717) is 0 Å². The summed E-state index contributed by atoms with van der Waals surface area (Å²) in [5.74, 6) is 0.189. The third-order valence-electron chi connectivity index (χ3n) is 4.34. The van der Waals surface area contributed by atoms with Crippen LogP contribution in [-0.2, 0) is 4.79 Å². The second kappa shape index (κ2) is 5.96. The second-order valence-corrected chi connectivity index (χ2v) is 8.39. The van der Waals surface area contributed by atoms with E-state index >= 15 is 0 Å². The molecule has 0 bridgehead atoms. The fourth-order valence-corrected chi connectivity index (χ4v) is 2.81. The summed E-state index contributed by atoms with van der Waals surface area (Å²) in [6.45, 7) is 14.8. The fraction of sp³-hybridized carbons (Fsp3) is 0.409. The molecule has 0 atom stereocenters. The topological polar surface area (TPSA) is 17.1 Å². The van der Waals surface area contributed by atoms with Crippen LogP contribution in [0.3, 0.4) is 0 Å². The second-order valence-electron chi connectivity index (χ2n) is 8.39. The van der Waals surface area contributed by atoms with E-state index in [0.717, 1.165) is 16.7 Å². The fourth-order valence-electron chi connectivity index (χ4n) is 2.81. The van der Waals surface area contributed by atoms with Crippen molar-refractivity contribution >= 4 is 11.4 Å². The van der Waals surface area contributed by atoms with Crippen molar-refractivity contribution in [2.24, 2.45) is 10.8 Å². The van der Waals surface area contributed by atoms with Gasteiger partial charge < -0.3 is 0 Å². The zero-order valence-electron chi connectivity index (χ0n) is 15.4. The maximum absolute atomic E-state index is 13.0. The molecule has 0 N–H and O–H groups in total. The number of hydrogen-bond acceptors (Lipinski definition) is 1. The molecule has 23 heavy (non-hydrogen) atoms. The summed E-state index contributed by atoms with van der Waals surface area (Å²) in [7, 11) is 0. The van der Waals surface area contributed by atoms with Gasteiger partial charge in [-0.05, 0) is 46.6 Å². The molecule has 122 valence electrons. The Balaban J connectivity index is 2.68. The zero-order valence-corrected chi connectivity index (χ0v) is 15.4. The van der Waals surface area contributed by atoms with Crippen LogP contribution >= 0.6 is 0 Å². The summed E-state index contributed by atoms with van der Waals surface area (Å²) in [5.41, 5.74) is 5.03. The summed E-state index contributed by atoms with van der Waals surface area (Å²) in [4.78, 5) is 13.0. The lowest BCUT2D eigenvalue weighted by atomic mass is 9.71. The van der Waals surface area contributed by atoms with Crippen LogP contribution in [0.5, 0.6) is 0 Å². The third kappa shape index (κ3) is 3.72. The molecule has 1 heteroatoms. The molecule has 1 aromatic carbocycles. The van der Waals surface area contributed by atoms with Crippen LogP contribution in [0, 0.1) is 10.8 Å². The Bertz CT molecular complexity index is 663. The monoisotopic (exact) mass is 308 g/mol. The van der Waals surface area contributed by atoms with Crippen LogP contribution in [0.1, 0.15) is 54.0 Å². The summed E-state index contributed by atoms with van der Waals surface area (Å²) in [6.07, 6.45) is 4.17. The number of carbonyl (C=O) groups excluding carboxylic acids is 1. The molecule has 0 amide bonds. The Morgan fingerprint density at radius 2 is 1.22 bits per heavy atom. The van der Waals surface area contributed by atoms with Crippen molar-refractivity contribution in [3.05, 3.63) is 64.8 Å². The Kier molecular flexibility index (Phi) is 4.52. The van der Waals surface area contributed by atoms with Gasteiger partial charge in [-0.2, -0.15) is 0 Å². The number of rotatable bonds is 1. The molecule has 0 aromatic heterocycles. The summed E-state index contributed by atoms with van der Waals surface area (Å²) in [5, 5.41) is 0. The van der Waals surface area contributed by atoms with E-state index in [4.69, 9.17) is 0 Å². The average Bonchev–Trinajstić information content (AvgIpc) is 2.45.